The first-order valence-corrected chi connectivity index (χ1v) is 11.8. The van der Waals surface area contributed by atoms with Crippen LogP contribution >= 0.6 is 11.3 Å². The number of rotatable bonds is 10. The highest BCUT2D eigenvalue weighted by molar-refractivity contribution is 7.09. The number of methoxy groups -OCH3 is 1. The van der Waals surface area contributed by atoms with Crippen LogP contribution in [0.4, 0.5) is 5.69 Å². The van der Waals surface area contributed by atoms with Crippen molar-refractivity contribution in [1.82, 2.24) is 4.98 Å². The fourth-order valence-corrected chi connectivity index (χ4v) is 4.41. The molecule has 0 fully saturated rings. The summed E-state index contributed by atoms with van der Waals surface area (Å²) in [7, 11) is 1.69. The van der Waals surface area contributed by atoms with Crippen LogP contribution in [0.3, 0.4) is 0 Å². The number of carbonyl (C=O) groups excluding carboxylic acids is 1. The zero-order chi connectivity index (χ0) is 22.3. The Bertz CT molecular complexity index is 1040. The Labute approximate surface area is 192 Å². The smallest absolute Gasteiger partial charge is 0.267 e. The Morgan fingerprint density at radius 1 is 1.12 bits per heavy atom. The summed E-state index contributed by atoms with van der Waals surface area (Å²) < 4.78 is 16.8. The molecule has 0 aliphatic carbocycles. The molecule has 0 N–H and O–H groups in total. The minimum absolute atomic E-state index is 0.0160. The van der Waals surface area contributed by atoms with Crippen molar-refractivity contribution in [2.45, 2.75) is 32.3 Å². The maximum absolute atomic E-state index is 12.9. The lowest BCUT2D eigenvalue weighted by Crippen LogP contribution is -2.45. The number of thiazole rings is 1. The van der Waals surface area contributed by atoms with Crippen LogP contribution in [0.1, 0.15) is 24.8 Å². The normalized spacial score (nSPS) is 15.4. The van der Waals surface area contributed by atoms with Crippen molar-refractivity contribution in [3.8, 4) is 22.8 Å². The molecule has 1 aromatic heterocycles. The van der Waals surface area contributed by atoms with Gasteiger partial charge in [-0.25, -0.2) is 4.98 Å². The van der Waals surface area contributed by atoms with Crippen molar-refractivity contribution in [3.63, 3.8) is 0 Å². The van der Waals surface area contributed by atoms with E-state index < -0.39 is 6.10 Å². The van der Waals surface area contributed by atoms with E-state index in [-0.39, 0.29) is 5.91 Å². The monoisotopic (exact) mass is 452 g/mol. The van der Waals surface area contributed by atoms with Crippen LogP contribution in [0.25, 0.3) is 11.3 Å². The lowest BCUT2D eigenvalue weighted by atomic mass is 10.1. The average molecular weight is 453 g/mol. The Hall–Kier alpha value is -2.90. The van der Waals surface area contributed by atoms with E-state index >= 15 is 0 Å². The number of anilines is 1. The highest BCUT2D eigenvalue weighted by Crippen LogP contribution is 2.38. The number of ether oxygens (including phenoxy) is 3. The molecule has 0 spiro atoms. The molecule has 32 heavy (non-hydrogen) atoms. The van der Waals surface area contributed by atoms with E-state index in [4.69, 9.17) is 19.2 Å². The van der Waals surface area contributed by atoms with Gasteiger partial charge in [0.15, 0.2) is 6.10 Å². The molecular formula is C25H28N2O4S. The summed E-state index contributed by atoms with van der Waals surface area (Å²) in [6.07, 6.45) is 2.00. The number of para-hydroxylation sites is 1. The maximum Gasteiger partial charge on any atom is 0.267 e. The summed E-state index contributed by atoms with van der Waals surface area (Å²) in [6, 6.07) is 15.7. The number of benzene rings is 2. The van der Waals surface area contributed by atoms with Gasteiger partial charge in [-0.1, -0.05) is 18.2 Å². The zero-order valence-electron chi connectivity index (χ0n) is 18.5. The van der Waals surface area contributed by atoms with Gasteiger partial charge in [-0.2, -0.15) is 0 Å². The van der Waals surface area contributed by atoms with E-state index in [1.165, 1.54) is 0 Å². The van der Waals surface area contributed by atoms with Crippen molar-refractivity contribution < 1.29 is 19.0 Å². The van der Waals surface area contributed by atoms with Gasteiger partial charge in [0.2, 0.25) is 0 Å². The van der Waals surface area contributed by atoms with Crippen LogP contribution in [-0.2, 0) is 16.0 Å². The SMILES string of the molecule is COCCc1nc(-c2ccc3c(c2)N(CCCCOc2ccccc2)C(=O)C(C)O3)cs1. The fraction of sp³-hybridized carbons (Fsp3) is 0.360. The Morgan fingerprint density at radius 3 is 2.78 bits per heavy atom. The molecule has 0 radical (unpaired) electrons. The summed E-state index contributed by atoms with van der Waals surface area (Å²) in [5.41, 5.74) is 2.69. The number of aromatic nitrogens is 1. The van der Waals surface area contributed by atoms with Gasteiger partial charge < -0.3 is 19.1 Å². The van der Waals surface area contributed by atoms with Crippen molar-refractivity contribution >= 4 is 22.9 Å². The molecule has 2 heterocycles. The first-order valence-electron chi connectivity index (χ1n) is 10.9. The number of fused-ring (bicyclic) bond motifs is 1. The first kappa shape index (κ1) is 22.3. The largest absolute Gasteiger partial charge is 0.494 e. The summed E-state index contributed by atoms with van der Waals surface area (Å²) in [4.78, 5) is 19.4. The van der Waals surface area contributed by atoms with Gasteiger partial charge in [0.25, 0.3) is 5.91 Å². The quantitative estimate of drug-likeness (QED) is 0.407. The Kier molecular flexibility index (Phi) is 7.39. The number of amides is 1. The average Bonchev–Trinajstić information content (AvgIpc) is 3.29. The van der Waals surface area contributed by atoms with E-state index in [9.17, 15) is 4.79 Å². The van der Waals surface area contributed by atoms with Crippen LogP contribution in [0.15, 0.2) is 53.9 Å². The van der Waals surface area contributed by atoms with Gasteiger partial charge in [-0.05, 0) is 50.1 Å². The molecule has 1 aliphatic rings. The molecule has 3 aromatic rings. The van der Waals surface area contributed by atoms with Gasteiger partial charge in [-0.3, -0.25) is 4.79 Å². The standard InChI is InChI=1S/C25H28N2O4S/c1-18-25(28)27(13-6-7-14-30-20-8-4-3-5-9-20)22-16-19(10-11-23(22)31-18)21-17-32-24(26-21)12-15-29-2/h3-5,8-11,16-18H,6-7,12-15H2,1-2H3. The molecular weight excluding hydrogens is 424 g/mol. The number of hydrogen-bond acceptors (Lipinski definition) is 6. The second-order valence-corrected chi connectivity index (χ2v) is 8.61. The van der Waals surface area contributed by atoms with Crippen LogP contribution < -0.4 is 14.4 Å². The zero-order valence-corrected chi connectivity index (χ0v) is 19.3. The number of nitrogens with zero attached hydrogens (tertiary/aromatic N) is 2. The molecule has 4 rings (SSSR count). The summed E-state index contributed by atoms with van der Waals surface area (Å²) in [5, 5.41) is 3.09. The van der Waals surface area contributed by atoms with E-state index in [1.807, 2.05) is 58.8 Å². The Balaban J connectivity index is 1.43. The molecule has 1 unspecified atom stereocenters. The van der Waals surface area contributed by atoms with Crippen molar-refractivity contribution in [2.75, 3.05) is 31.8 Å². The maximum atomic E-state index is 12.9. The molecule has 1 aliphatic heterocycles. The third kappa shape index (κ3) is 5.29. The number of hydrogen-bond donors (Lipinski definition) is 0. The lowest BCUT2D eigenvalue weighted by Gasteiger charge is -2.33. The summed E-state index contributed by atoms with van der Waals surface area (Å²) in [6.45, 7) is 3.69. The van der Waals surface area contributed by atoms with Gasteiger partial charge in [0.1, 0.15) is 11.5 Å². The molecule has 6 nitrogen and oxygen atoms in total. The molecule has 7 heteroatoms. The van der Waals surface area contributed by atoms with Crippen LogP contribution in [-0.4, -0.2) is 43.9 Å². The van der Waals surface area contributed by atoms with E-state index in [1.54, 1.807) is 25.4 Å². The molecule has 0 bridgehead atoms. The van der Waals surface area contributed by atoms with Crippen molar-refractivity contribution in [2.24, 2.45) is 0 Å². The van der Waals surface area contributed by atoms with Crippen LogP contribution in [0.2, 0.25) is 0 Å². The minimum Gasteiger partial charge on any atom is -0.494 e. The second-order valence-electron chi connectivity index (χ2n) is 7.67. The lowest BCUT2D eigenvalue weighted by molar-refractivity contribution is -0.125. The fourth-order valence-electron chi connectivity index (χ4n) is 3.62. The van der Waals surface area contributed by atoms with E-state index in [2.05, 4.69) is 0 Å². The molecule has 1 atom stereocenters. The minimum atomic E-state index is -0.492. The summed E-state index contributed by atoms with van der Waals surface area (Å²) in [5.74, 6) is 1.58. The molecule has 0 saturated carbocycles. The Morgan fingerprint density at radius 2 is 1.97 bits per heavy atom. The first-order chi connectivity index (χ1) is 15.7. The van der Waals surface area contributed by atoms with Crippen molar-refractivity contribution in [3.05, 3.63) is 58.9 Å². The third-order valence-electron chi connectivity index (χ3n) is 5.32. The van der Waals surface area contributed by atoms with Gasteiger partial charge >= 0.3 is 0 Å². The van der Waals surface area contributed by atoms with Gasteiger partial charge in [-0.15, -0.1) is 11.3 Å². The topological polar surface area (TPSA) is 60.9 Å². The number of unbranched alkanes of at least 4 members (excludes halogenated alkanes) is 1. The highest BCUT2D eigenvalue weighted by Gasteiger charge is 2.31. The molecule has 1 amide bonds. The van der Waals surface area contributed by atoms with E-state index in [0.717, 1.165) is 52.7 Å². The third-order valence-corrected chi connectivity index (χ3v) is 6.23. The van der Waals surface area contributed by atoms with Gasteiger partial charge in [0, 0.05) is 31.0 Å². The second kappa shape index (κ2) is 10.6. The highest BCUT2D eigenvalue weighted by atomic mass is 32.1. The predicted molar refractivity (Wildman–Crippen MR) is 127 cm³/mol. The number of carbonyl (C=O) groups is 1. The van der Waals surface area contributed by atoms with Crippen LogP contribution in [0.5, 0.6) is 11.5 Å². The molecule has 168 valence electrons. The molecule has 0 saturated heterocycles. The van der Waals surface area contributed by atoms with Gasteiger partial charge in [0.05, 0.1) is 29.6 Å². The molecule has 2 aromatic carbocycles. The summed E-state index contributed by atoms with van der Waals surface area (Å²) >= 11 is 1.62. The predicted octanol–water partition coefficient (Wildman–Crippen LogP) is 4.97. The van der Waals surface area contributed by atoms with E-state index in [0.29, 0.717) is 19.8 Å². The van der Waals surface area contributed by atoms with Crippen LogP contribution in [0, 0.1) is 0 Å². The van der Waals surface area contributed by atoms with Crippen molar-refractivity contribution in [1.29, 1.82) is 0 Å².